The molecule has 0 aliphatic rings. The molecule has 5 heteroatoms. The smallest absolute Gasteiger partial charge is 0.306 e. The summed E-state index contributed by atoms with van der Waals surface area (Å²) < 4.78 is 11.5. The number of rotatable bonds is 14. The fourth-order valence-corrected chi connectivity index (χ4v) is 3.08. The normalized spacial score (nSPS) is 10.5. The monoisotopic (exact) mass is 474 g/mol. The van der Waals surface area contributed by atoms with Crippen LogP contribution in [0.2, 0.25) is 0 Å². The Hall–Kier alpha value is -1.11. The molecule has 0 radical (unpaired) electrons. The molecule has 0 spiro atoms. The van der Waals surface area contributed by atoms with Gasteiger partial charge >= 0.3 is 11.9 Å². The first-order valence-corrected chi connectivity index (χ1v) is 10.8. The van der Waals surface area contributed by atoms with E-state index in [1.54, 1.807) is 0 Å². The third-order valence-electron chi connectivity index (χ3n) is 4.12. The van der Waals surface area contributed by atoms with E-state index < -0.39 is 0 Å². The van der Waals surface area contributed by atoms with Crippen LogP contribution in [0.3, 0.4) is 0 Å². The van der Waals surface area contributed by atoms with Crippen LogP contribution in [0, 0.1) is 3.57 Å². The Balaban J connectivity index is 1.98. The number of esters is 2. The Morgan fingerprint density at radius 2 is 1.46 bits per heavy atom. The molecule has 0 heterocycles. The summed E-state index contributed by atoms with van der Waals surface area (Å²) in [6.45, 7) is 2.98. The van der Waals surface area contributed by atoms with Gasteiger partial charge in [-0.1, -0.05) is 63.6 Å². The molecule has 26 heavy (non-hydrogen) atoms. The fourth-order valence-electron chi connectivity index (χ4n) is 2.54. The number of hydrogen-bond donors (Lipinski definition) is 0. The number of carbonyl (C=O) groups excluding carboxylic acids is 2. The topological polar surface area (TPSA) is 52.6 Å². The zero-order valence-corrected chi connectivity index (χ0v) is 18.0. The third-order valence-corrected chi connectivity index (χ3v) is 5.17. The van der Waals surface area contributed by atoms with Gasteiger partial charge in [-0.05, 0) is 41.5 Å². The van der Waals surface area contributed by atoms with Gasteiger partial charge in [-0.15, -0.1) is 0 Å². The fraction of sp³-hybridized carbons (Fsp3) is 0.619. The minimum absolute atomic E-state index is 0.221. The Morgan fingerprint density at radius 1 is 0.846 bits per heavy atom. The van der Waals surface area contributed by atoms with Crippen molar-refractivity contribution in [2.45, 2.75) is 77.7 Å². The molecule has 146 valence electrons. The molecule has 0 aromatic heterocycles. The molecule has 0 fully saturated rings. The third kappa shape index (κ3) is 11.5. The largest absolute Gasteiger partial charge is 0.466 e. The Kier molecular flexibility index (Phi) is 13.2. The lowest BCUT2D eigenvalue weighted by atomic mass is 10.1. The van der Waals surface area contributed by atoms with Crippen LogP contribution >= 0.6 is 22.6 Å². The van der Waals surface area contributed by atoms with E-state index in [1.807, 2.05) is 24.3 Å². The summed E-state index contributed by atoms with van der Waals surface area (Å²) >= 11 is 2.22. The highest BCUT2D eigenvalue weighted by atomic mass is 127. The van der Waals surface area contributed by atoms with Crippen molar-refractivity contribution in [1.29, 1.82) is 0 Å². The molecule has 0 amide bonds. The Bertz CT molecular complexity index is 530. The van der Waals surface area contributed by atoms with E-state index in [4.69, 9.17) is 9.47 Å². The lowest BCUT2D eigenvalue weighted by molar-refractivity contribution is -0.146. The van der Waals surface area contributed by atoms with Gasteiger partial charge in [0.05, 0.1) is 6.61 Å². The maximum Gasteiger partial charge on any atom is 0.306 e. The van der Waals surface area contributed by atoms with Gasteiger partial charge < -0.3 is 9.47 Å². The molecule has 0 aliphatic carbocycles. The summed E-state index contributed by atoms with van der Waals surface area (Å²) in [6.07, 6.45) is 9.38. The van der Waals surface area contributed by atoms with Gasteiger partial charge in [0.15, 0.2) is 0 Å². The Morgan fingerprint density at radius 3 is 2.15 bits per heavy atom. The summed E-state index contributed by atoms with van der Waals surface area (Å²) in [4.78, 5) is 23.4. The predicted molar refractivity (Wildman–Crippen MR) is 112 cm³/mol. The second-order valence-corrected chi connectivity index (χ2v) is 7.61. The van der Waals surface area contributed by atoms with Crippen LogP contribution in [0.25, 0.3) is 0 Å². The molecule has 1 rings (SSSR count). The van der Waals surface area contributed by atoms with Crippen molar-refractivity contribution < 1.29 is 19.1 Å². The van der Waals surface area contributed by atoms with Crippen LogP contribution in [0.15, 0.2) is 24.3 Å². The predicted octanol–water partition coefficient (Wildman–Crippen LogP) is 5.80. The number of unbranched alkanes of at least 4 members (excludes halogenated alkanes) is 6. The maximum absolute atomic E-state index is 11.7. The Labute approximate surface area is 171 Å². The van der Waals surface area contributed by atoms with Gasteiger partial charge in [0.2, 0.25) is 0 Å². The van der Waals surface area contributed by atoms with Gasteiger partial charge in [-0.2, -0.15) is 0 Å². The molecule has 0 saturated heterocycles. The SMILES string of the molecule is CCCCCCCCCOC(=O)CCCC(=O)OCc1ccccc1I. The van der Waals surface area contributed by atoms with E-state index in [0.717, 1.165) is 22.0 Å². The number of ether oxygens (including phenoxy) is 2. The molecule has 1 aromatic rings. The summed E-state index contributed by atoms with van der Waals surface area (Å²) in [5.41, 5.74) is 0.996. The van der Waals surface area contributed by atoms with Crippen molar-refractivity contribution in [2.75, 3.05) is 6.61 Å². The first-order chi connectivity index (χ1) is 12.6. The molecule has 0 saturated carbocycles. The van der Waals surface area contributed by atoms with E-state index in [-0.39, 0.29) is 31.4 Å². The van der Waals surface area contributed by atoms with Crippen molar-refractivity contribution in [3.63, 3.8) is 0 Å². The van der Waals surface area contributed by atoms with Crippen molar-refractivity contribution in [1.82, 2.24) is 0 Å². The summed E-state index contributed by atoms with van der Waals surface area (Å²) in [6, 6.07) is 7.79. The van der Waals surface area contributed by atoms with Gasteiger partial charge in [0, 0.05) is 22.0 Å². The number of benzene rings is 1. The van der Waals surface area contributed by atoms with Crippen LogP contribution < -0.4 is 0 Å². The van der Waals surface area contributed by atoms with Crippen LogP contribution in [0.1, 0.15) is 76.7 Å². The first-order valence-electron chi connectivity index (χ1n) is 9.68. The highest BCUT2D eigenvalue weighted by Gasteiger charge is 2.08. The highest BCUT2D eigenvalue weighted by Crippen LogP contribution is 2.13. The van der Waals surface area contributed by atoms with Crippen LogP contribution in [0.4, 0.5) is 0 Å². The lowest BCUT2D eigenvalue weighted by Gasteiger charge is -2.07. The molecule has 0 unspecified atom stereocenters. The molecule has 0 atom stereocenters. The average molecular weight is 474 g/mol. The minimum atomic E-state index is -0.274. The van der Waals surface area contributed by atoms with E-state index in [0.29, 0.717) is 13.0 Å². The van der Waals surface area contributed by atoms with E-state index in [9.17, 15) is 9.59 Å². The van der Waals surface area contributed by atoms with Gasteiger partial charge in [0.25, 0.3) is 0 Å². The van der Waals surface area contributed by atoms with Crippen LogP contribution in [-0.4, -0.2) is 18.5 Å². The summed E-state index contributed by atoms with van der Waals surface area (Å²) in [5.74, 6) is -0.495. The maximum atomic E-state index is 11.7. The van der Waals surface area contributed by atoms with Gasteiger partial charge in [-0.25, -0.2) is 0 Å². The van der Waals surface area contributed by atoms with Crippen molar-refractivity contribution in [3.05, 3.63) is 33.4 Å². The van der Waals surface area contributed by atoms with E-state index in [2.05, 4.69) is 29.5 Å². The second kappa shape index (κ2) is 15.0. The molecule has 1 aromatic carbocycles. The quantitative estimate of drug-likeness (QED) is 0.194. The van der Waals surface area contributed by atoms with Crippen molar-refractivity contribution in [2.24, 2.45) is 0 Å². The molecule has 0 N–H and O–H groups in total. The first kappa shape index (κ1) is 22.9. The minimum Gasteiger partial charge on any atom is -0.466 e. The average Bonchev–Trinajstić information content (AvgIpc) is 2.63. The van der Waals surface area contributed by atoms with Crippen LogP contribution in [-0.2, 0) is 25.7 Å². The van der Waals surface area contributed by atoms with E-state index in [1.165, 1.54) is 32.1 Å². The van der Waals surface area contributed by atoms with Gasteiger partial charge in [0.1, 0.15) is 6.61 Å². The summed E-state index contributed by atoms with van der Waals surface area (Å²) in [5, 5.41) is 0. The van der Waals surface area contributed by atoms with Crippen molar-refractivity contribution in [3.8, 4) is 0 Å². The molecule has 4 nitrogen and oxygen atoms in total. The standard InChI is InChI=1S/C21H31IO4/c1-2-3-4-5-6-7-10-16-25-20(23)14-11-15-21(24)26-17-18-12-8-9-13-19(18)22/h8-9,12-13H,2-7,10-11,14-17H2,1H3. The van der Waals surface area contributed by atoms with Crippen LogP contribution in [0.5, 0.6) is 0 Å². The lowest BCUT2D eigenvalue weighted by Crippen LogP contribution is -2.09. The number of halogens is 1. The van der Waals surface area contributed by atoms with E-state index >= 15 is 0 Å². The molecule has 0 aliphatic heterocycles. The highest BCUT2D eigenvalue weighted by molar-refractivity contribution is 14.1. The summed E-state index contributed by atoms with van der Waals surface area (Å²) in [7, 11) is 0. The molecular weight excluding hydrogens is 443 g/mol. The second-order valence-electron chi connectivity index (χ2n) is 6.45. The molecule has 0 bridgehead atoms. The molecular formula is C21H31IO4. The van der Waals surface area contributed by atoms with Gasteiger partial charge in [-0.3, -0.25) is 9.59 Å². The number of carbonyl (C=O) groups is 2. The van der Waals surface area contributed by atoms with Crippen molar-refractivity contribution >= 4 is 34.5 Å². The zero-order chi connectivity index (χ0) is 19.0. The number of hydrogen-bond acceptors (Lipinski definition) is 4. The zero-order valence-electron chi connectivity index (χ0n) is 15.8.